The average molecular weight is 316 g/mol. The molecule has 0 heterocycles. The summed E-state index contributed by atoms with van der Waals surface area (Å²) in [4.78, 5) is 0. The lowest BCUT2D eigenvalue weighted by molar-refractivity contribution is 0.306. The van der Waals surface area contributed by atoms with E-state index in [1.807, 2.05) is 30.3 Å². The minimum absolute atomic E-state index is 0.161. The van der Waals surface area contributed by atoms with Crippen LogP contribution in [0.2, 0.25) is 0 Å². The van der Waals surface area contributed by atoms with Crippen LogP contribution in [0.15, 0.2) is 78.9 Å². The fourth-order valence-electron chi connectivity index (χ4n) is 2.65. The summed E-state index contributed by atoms with van der Waals surface area (Å²) in [6.07, 6.45) is 0. The van der Waals surface area contributed by atoms with Crippen LogP contribution >= 0.6 is 0 Å². The van der Waals surface area contributed by atoms with Crippen molar-refractivity contribution in [3.05, 3.63) is 90.0 Å². The van der Waals surface area contributed by atoms with Crippen molar-refractivity contribution >= 4 is 0 Å². The second-order valence-corrected chi connectivity index (χ2v) is 7.13. The lowest BCUT2D eigenvalue weighted by atomic mass is 9.85. The molecule has 1 nitrogen and oxygen atoms in total. The van der Waals surface area contributed by atoms with E-state index in [1.54, 1.807) is 0 Å². The number of benzene rings is 3. The first-order valence-electron chi connectivity index (χ1n) is 8.40. The zero-order valence-corrected chi connectivity index (χ0v) is 14.6. The Morgan fingerprint density at radius 2 is 1.42 bits per heavy atom. The Hall–Kier alpha value is -2.54. The van der Waals surface area contributed by atoms with E-state index in [-0.39, 0.29) is 5.41 Å². The molecule has 3 aromatic carbocycles. The van der Waals surface area contributed by atoms with Crippen LogP contribution in [-0.2, 0) is 12.0 Å². The summed E-state index contributed by atoms with van der Waals surface area (Å²) < 4.78 is 5.86. The molecule has 3 aromatic rings. The van der Waals surface area contributed by atoms with Gasteiger partial charge in [0.1, 0.15) is 12.4 Å². The Morgan fingerprint density at radius 3 is 2.08 bits per heavy atom. The van der Waals surface area contributed by atoms with Crippen LogP contribution in [0, 0.1) is 0 Å². The first kappa shape index (κ1) is 16.3. The zero-order chi connectivity index (χ0) is 17.0. The van der Waals surface area contributed by atoms with Crippen LogP contribution in [0.3, 0.4) is 0 Å². The highest BCUT2D eigenvalue weighted by atomic mass is 16.5. The van der Waals surface area contributed by atoms with E-state index in [4.69, 9.17) is 4.74 Å². The van der Waals surface area contributed by atoms with Gasteiger partial charge in [-0.15, -0.1) is 0 Å². The van der Waals surface area contributed by atoms with E-state index in [0.717, 1.165) is 5.75 Å². The van der Waals surface area contributed by atoms with E-state index in [0.29, 0.717) is 6.61 Å². The minimum Gasteiger partial charge on any atom is -0.489 e. The highest BCUT2D eigenvalue weighted by Crippen LogP contribution is 2.28. The Bertz CT molecular complexity index is 780. The molecule has 0 atom stereocenters. The summed E-state index contributed by atoms with van der Waals surface area (Å²) >= 11 is 0. The molecule has 0 aliphatic heterocycles. The molecule has 122 valence electrons. The molecule has 0 unspecified atom stereocenters. The summed E-state index contributed by atoms with van der Waals surface area (Å²) in [6.45, 7) is 7.32. The lowest BCUT2D eigenvalue weighted by Gasteiger charge is -2.19. The molecular weight excluding hydrogens is 292 g/mol. The topological polar surface area (TPSA) is 9.23 Å². The van der Waals surface area contributed by atoms with E-state index in [2.05, 4.69) is 69.3 Å². The summed E-state index contributed by atoms with van der Waals surface area (Å²) in [5.41, 5.74) is 5.16. The highest BCUT2D eigenvalue weighted by Gasteiger charge is 2.13. The summed E-state index contributed by atoms with van der Waals surface area (Å²) in [5.74, 6) is 0.898. The fraction of sp³-hybridized carbons (Fsp3) is 0.217. The zero-order valence-electron chi connectivity index (χ0n) is 14.6. The van der Waals surface area contributed by atoms with Crippen LogP contribution in [0.5, 0.6) is 5.75 Å². The predicted octanol–water partition coefficient (Wildman–Crippen LogP) is 6.23. The monoisotopic (exact) mass is 316 g/mol. The molecule has 0 aromatic heterocycles. The van der Waals surface area contributed by atoms with Gasteiger partial charge in [-0.25, -0.2) is 0 Å². The molecule has 0 bridgehead atoms. The van der Waals surface area contributed by atoms with Crippen LogP contribution < -0.4 is 4.74 Å². The lowest BCUT2D eigenvalue weighted by Crippen LogP contribution is -2.10. The second kappa shape index (κ2) is 6.92. The van der Waals surface area contributed by atoms with Gasteiger partial charge in [0.2, 0.25) is 0 Å². The molecule has 0 amide bonds. The maximum Gasteiger partial charge on any atom is 0.119 e. The Balaban J connectivity index is 1.73. The van der Waals surface area contributed by atoms with Gasteiger partial charge in [-0.1, -0.05) is 87.5 Å². The molecule has 0 saturated heterocycles. The molecule has 1 heteroatoms. The normalized spacial score (nSPS) is 11.3. The molecule has 0 spiro atoms. The van der Waals surface area contributed by atoms with Gasteiger partial charge in [-0.2, -0.15) is 0 Å². The van der Waals surface area contributed by atoms with Gasteiger partial charge in [0, 0.05) is 0 Å². The molecule has 0 fully saturated rings. The van der Waals surface area contributed by atoms with Crippen molar-refractivity contribution in [1.29, 1.82) is 0 Å². The van der Waals surface area contributed by atoms with Crippen LogP contribution in [0.4, 0.5) is 0 Å². The van der Waals surface area contributed by atoms with Crippen molar-refractivity contribution < 1.29 is 4.74 Å². The number of rotatable bonds is 4. The van der Waals surface area contributed by atoms with Crippen LogP contribution in [0.25, 0.3) is 11.1 Å². The molecule has 0 N–H and O–H groups in total. The average Bonchev–Trinajstić information content (AvgIpc) is 2.61. The molecule has 3 rings (SSSR count). The van der Waals surface area contributed by atoms with Crippen molar-refractivity contribution in [3.8, 4) is 16.9 Å². The largest absolute Gasteiger partial charge is 0.489 e. The van der Waals surface area contributed by atoms with Gasteiger partial charge in [-0.3, -0.25) is 0 Å². The first-order valence-corrected chi connectivity index (χ1v) is 8.40. The van der Waals surface area contributed by atoms with Crippen molar-refractivity contribution in [2.24, 2.45) is 0 Å². The molecular formula is C23H24O. The first-order chi connectivity index (χ1) is 11.5. The number of ether oxygens (including phenoxy) is 1. The summed E-state index contributed by atoms with van der Waals surface area (Å²) in [5, 5.41) is 0. The van der Waals surface area contributed by atoms with Crippen molar-refractivity contribution in [2.45, 2.75) is 32.8 Å². The van der Waals surface area contributed by atoms with Gasteiger partial charge in [0.05, 0.1) is 0 Å². The predicted molar refractivity (Wildman–Crippen MR) is 101 cm³/mol. The highest BCUT2D eigenvalue weighted by molar-refractivity contribution is 5.65. The Morgan fingerprint density at radius 1 is 0.708 bits per heavy atom. The van der Waals surface area contributed by atoms with E-state index in [9.17, 15) is 0 Å². The van der Waals surface area contributed by atoms with Crippen molar-refractivity contribution in [2.75, 3.05) is 0 Å². The second-order valence-electron chi connectivity index (χ2n) is 7.13. The number of hydrogen-bond acceptors (Lipinski definition) is 1. The maximum absolute atomic E-state index is 5.86. The third-order valence-electron chi connectivity index (χ3n) is 4.16. The number of hydrogen-bond donors (Lipinski definition) is 0. The van der Waals surface area contributed by atoms with E-state index < -0.39 is 0 Å². The minimum atomic E-state index is 0.161. The van der Waals surface area contributed by atoms with Crippen molar-refractivity contribution in [3.63, 3.8) is 0 Å². The van der Waals surface area contributed by atoms with Crippen LogP contribution in [-0.4, -0.2) is 0 Å². The molecule has 0 saturated carbocycles. The van der Waals surface area contributed by atoms with Crippen LogP contribution in [0.1, 0.15) is 31.9 Å². The maximum atomic E-state index is 5.86. The molecule has 0 aliphatic carbocycles. The SMILES string of the molecule is CC(C)(C)c1cccc(-c2ccc(OCc3ccccc3)cc2)c1. The Kier molecular flexibility index (Phi) is 4.71. The van der Waals surface area contributed by atoms with Crippen molar-refractivity contribution in [1.82, 2.24) is 0 Å². The summed E-state index contributed by atoms with van der Waals surface area (Å²) in [6, 6.07) is 27.3. The fourth-order valence-corrected chi connectivity index (χ4v) is 2.65. The van der Waals surface area contributed by atoms with Gasteiger partial charge >= 0.3 is 0 Å². The van der Waals surface area contributed by atoms with Gasteiger partial charge in [0.25, 0.3) is 0 Å². The Labute approximate surface area is 144 Å². The third kappa shape index (κ3) is 4.05. The van der Waals surface area contributed by atoms with Gasteiger partial charge in [-0.05, 0) is 39.8 Å². The standard InChI is InChI=1S/C23H24O/c1-23(2,3)21-11-7-10-20(16-21)19-12-14-22(15-13-19)24-17-18-8-5-4-6-9-18/h4-16H,17H2,1-3H3. The third-order valence-corrected chi connectivity index (χ3v) is 4.16. The van der Waals surface area contributed by atoms with E-state index >= 15 is 0 Å². The van der Waals surface area contributed by atoms with E-state index in [1.165, 1.54) is 22.3 Å². The quantitative estimate of drug-likeness (QED) is 0.554. The molecule has 24 heavy (non-hydrogen) atoms. The smallest absolute Gasteiger partial charge is 0.119 e. The molecule has 0 aliphatic rings. The van der Waals surface area contributed by atoms with Gasteiger partial charge < -0.3 is 4.74 Å². The van der Waals surface area contributed by atoms with Gasteiger partial charge in [0.15, 0.2) is 0 Å². The molecule has 0 radical (unpaired) electrons. The summed E-state index contributed by atoms with van der Waals surface area (Å²) in [7, 11) is 0.